The number of nitrogens with zero attached hydrogens (tertiary/aromatic N) is 1. The SMILES string of the molecule is CC(C)CNC(=O)CCNc1ccc([N+](=O)[O-])c(I)c1. The molecule has 0 unspecified atom stereocenters. The molecule has 2 N–H and O–H groups in total. The molecular formula is C13H18IN3O3. The average Bonchev–Trinajstić information content (AvgIpc) is 2.36. The summed E-state index contributed by atoms with van der Waals surface area (Å²) in [6, 6.07) is 4.81. The molecule has 1 aromatic rings. The quantitative estimate of drug-likeness (QED) is 0.425. The van der Waals surface area contributed by atoms with Crippen molar-refractivity contribution in [2.45, 2.75) is 20.3 Å². The van der Waals surface area contributed by atoms with Gasteiger partial charge in [0.25, 0.3) is 5.69 Å². The fourth-order valence-electron chi connectivity index (χ4n) is 1.49. The summed E-state index contributed by atoms with van der Waals surface area (Å²) >= 11 is 1.93. The summed E-state index contributed by atoms with van der Waals surface area (Å²) in [5, 5.41) is 16.6. The van der Waals surface area contributed by atoms with Crippen molar-refractivity contribution in [1.82, 2.24) is 5.32 Å². The van der Waals surface area contributed by atoms with Gasteiger partial charge in [0.05, 0.1) is 8.49 Å². The van der Waals surface area contributed by atoms with Gasteiger partial charge in [-0.05, 0) is 40.6 Å². The number of hydrogen-bond acceptors (Lipinski definition) is 4. The van der Waals surface area contributed by atoms with Gasteiger partial charge in [-0.15, -0.1) is 0 Å². The molecule has 1 rings (SSSR count). The van der Waals surface area contributed by atoms with Crippen molar-refractivity contribution in [2.75, 3.05) is 18.4 Å². The lowest BCUT2D eigenvalue weighted by atomic mass is 10.2. The van der Waals surface area contributed by atoms with Gasteiger partial charge in [-0.3, -0.25) is 14.9 Å². The molecule has 0 saturated carbocycles. The van der Waals surface area contributed by atoms with E-state index in [4.69, 9.17) is 0 Å². The molecule has 6 nitrogen and oxygen atoms in total. The first-order chi connectivity index (χ1) is 9.40. The first-order valence-electron chi connectivity index (χ1n) is 6.34. The van der Waals surface area contributed by atoms with Crippen LogP contribution in [0.25, 0.3) is 0 Å². The van der Waals surface area contributed by atoms with E-state index in [1.54, 1.807) is 12.1 Å². The van der Waals surface area contributed by atoms with Gasteiger partial charge in [0.15, 0.2) is 0 Å². The van der Waals surface area contributed by atoms with E-state index in [0.717, 1.165) is 5.69 Å². The number of carbonyl (C=O) groups excluding carboxylic acids is 1. The molecule has 20 heavy (non-hydrogen) atoms. The standard InChI is InChI=1S/C13H18IN3O3/c1-9(2)8-16-13(18)5-6-15-10-3-4-12(17(19)20)11(14)7-10/h3-4,7,9,15H,5-6,8H2,1-2H3,(H,16,18). The molecule has 110 valence electrons. The van der Waals surface area contributed by atoms with Crippen LogP contribution in [0, 0.1) is 19.6 Å². The Bertz CT molecular complexity index is 492. The number of nitrogens with one attached hydrogen (secondary N) is 2. The summed E-state index contributed by atoms with van der Waals surface area (Å²) in [5.41, 5.74) is 0.863. The van der Waals surface area contributed by atoms with Crippen LogP contribution in [0.4, 0.5) is 11.4 Å². The van der Waals surface area contributed by atoms with Gasteiger partial charge in [0, 0.05) is 31.3 Å². The zero-order valence-corrected chi connectivity index (χ0v) is 13.6. The van der Waals surface area contributed by atoms with Gasteiger partial charge in [-0.2, -0.15) is 0 Å². The molecule has 7 heteroatoms. The Labute approximate surface area is 131 Å². The highest BCUT2D eigenvalue weighted by molar-refractivity contribution is 14.1. The minimum atomic E-state index is -0.412. The van der Waals surface area contributed by atoms with E-state index in [1.165, 1.54) is 6.07 Å². The molecule has 0 fully saturated rings. The van der Waals surface area contributed by atoms with E-state index in [1.807, 2.05) is 36.4 Å². The molecule has 0 bridgehead atoms. The first kappa shape index (κ1) is 16.7. The lowest BCUT2D eigenvalue weighted by molar-refractivity contribution is -0.385. The number of anilines is 1. The molecule has 0 spiro atoms. The second-order valence-corrected chi connectivity index (χ2v) is 5.96. The minimum absolute atomic E-state index is 0.00260. The Balaban J connectivity index is 2.41. The van der Waals surface area contributed by atoms with Gasteiger partial charge < -0.3 is 10.6 Å². The Hall–Kier alpha value is -1.38. The Kier molecular flexibility index (Phi) is 6.69. The topological polar surface area (TPSA) is 84.3 Å². The normalized spacial score (nSPS) is 10.4. The van der Waals surface area contributed by atoms with E-state index >= 15 is 0 Å². The molecule has 0 aliphatic heterocycles. The van der Waals surface area contributed by atoms with Crippen LogP contribution in [0.1, 0.15) is 20.3 Å². The summed E-state index contributed by atoms with van der Waals surface area (Å²) in [6.07, 6.45) is 0.375. The molecule has 0 heterocycles. The highest BCUT2D eigenvalue weighted by Crippen LogP contribution is 2.23. The molecule has 0 aromatic heterocycles. The second-order valence-electron chi connectivity index (χ2n) is 4.80. The van der Waals surface area contributed by atoms with E-state index < -0.39 is 4.92 Å². The van der Waals surface area contributed by atoms with Crippen molar-refractivity contribution in [3.05, 3.63) is 31.9 Å². The lowest BCUT2D eigenvalue weighted by Crippen LogP contribution is -2.28. The van der Waals surface area contributed by atoms with Gasteiger partial charge in [-0.1, -0.05) is 13.8 Å². The number of rotatable bonds is 7. The van der Waals surface area contributed by atoms with Crippen molar-refractivity contribution in [3.63, 3.8) is 0 Å². The van der Waals surface area contributed by atoms with Crippen molar-refractivity contribution >= 4 is 39.9 Å². The largest absolute Gasteiger partial charge is 0.384 e. The maximum Gasteiger partial charge on any atom is 0.282 e. The highest BCUT2D eigenvalue weighted by atomic mass is 127. The summed E-state index contributed by atoms with van der Waals surface area (Å²) in [7, 11) is 0. The molecule has 0 saturated heterocycles. The zero-order chi connectivity index (χ0) is 15.1. The number of nitro groups is 1. The van der Waals surface area contributed by atoms with Crippen molar-refractivity contribution < 1.29 is 9.72 Å². The number of nitro benzene ring substituents is 1. The summed E-state index contributed by atoms with van der Waals surface area (Å²) in [6.45, 7) is 5.25. The predicted molar refractivity (Wildman–Crippen MR) is 86.8 cm³/mol. The van der Waals surface area contributed by atoms with E-state index in [0.29, 0.717) is 29.0 Å². The maximum atomic E-state index is 11.5. The van der Waals surface area contributed by atoms with Crippen LogP contribution in [0.15, 0.2) is 18.2 Å². The van der Waals surface area contributed by atoms with Crippen molar-refractivity contribution in [2.24, 2.45) is 5.92 Å². The number of carbonyl (C=O) groups is 1. The van der Waals surface area contributed by atoms with E-state index in [-0.39, 0.29) is 11.6 Å². The highest BCUT2D eigenvalue weighted by Gasteiger charge is 2.11. The Morgan fingerprint density at radius 1 is 1.45 bits per heavy atom. The van der Waals surface area contributed by atoms with Crippen LogP contribution >= 0.6 is 22.6 Å². The number of halogens is 1. The smallest absolute Gasteiger partial charge is 0.282 e. The summed E-state index contributed by atoms with van der Waals surface area (Å²) in [4.78, 5) is 21.8. The molecule has 0 aliphatic carbocycles. The Morgan fingerprint density at radius 3 is 2.70 bits per heavy atom. The summed E-state index contributed by atoms with van der Waals surface area (Å²) < 4.78 is 0.571. The van der Waals surface area contributed by atoms with Gasteiger partial charge in [0.1, 0.15) is 0 Å². The number of amides is 1. The van der Waals surface area contributed by atoms with E-state index in [2.05, 4.69) is 10.6 Å². The molecule has 1 amide bonds. The third-order valence-electron chi connectivity index (χ3n) is 2.53. The molecule has 0 radical (unpaired) electrons. The minimum Gasteiger partial charge on any atom is -0.384 e. The fraction of sp³-hybridized carbons (Fsp3) is 0.462. The molecular weight excluding hydrogens is 373 g/mol. The van der Waals surface area contributed by atoms with Crippen molar-refractivity contribution in [1.29, 1.82) is 0 Å². The number of benzene rings is 1. The molecule has 0 aliphatic rings. The van der Waals surface area contributed by atoms with Crippen LogP contribution < -0.4 is 10.6 Å². The molecule has 0 atom stereocenters. The van der Waals surface area contributed by atoms with Crippen LogP contribution in [-0.4, -0.2) is 23.9 Å². The van der Waals surface area contributed by atoms with Crippen LogP contribution in [0.5, 0.6) is 0 Å². The lowest BCUT2D eigenvalue weighted by Gasteiger charge is -2.09. The Morgan fingerprint density at radius 2 is 2.15 bits per heavy atom. The third-order valence-corrected chi connectivity index (χ3v) is 3.40. The fourth-order valence-corrected chi connectivity index (χ4v) is 2.20. The van der Waals surface area contributed by atoms with Crippen molar-refractivity contribution in [3.8, 4) is 0 Å². The number of hydrogen-bond donors (Lipinski definition) is 2. The third kappa shape index (κ3) is 5.72. The molecule has 1 aromatic carbocycles. The van der Waals surface area contributed by atoms with Gasteiger partial charge >= 0.3 is 0 Å². The predicted octanol–water partition coefficient (Wildman–Crippen LogP) is 2.77. The van der Waals surface area contributed by atoms with Crippen LogP contribution in [0.3, 0.4) is 0 Å². The average molecular weight is 391 g/mol. The van der Waals surface area contributed by atoms with E-state index in [9.17, 15) is 14.9 Å². The monoisotopic (exact) mass is 391 g/mol. The second kappa shape index (κ2) is 8.03. The zero-order valence-electron chi connectivity index (χ0n) is 11.5. The van der Waals surface area contributed by atoms with Crippen LogP contribution in [0.2, 0.25) is 0 Å². The van der Waals surface area contributed by atoms with Crippen LogP contribution in [-0.2, 0) is 4.79 Å². The maximum absolute atomic E-state index is 11.5. The van der Waals surface area contributed by atoms with Gasteiger partial charge in [0.2, 0.25) is 5.91 Å². The van der Waals surface area contributed by atoms with Gasteiger partial charge in [-0.25, -0.2) is 0 Å². The first-order valence-corrected chi connectivity index (χ1v) is 7.42. The summed E-state index contributed by atoms with van der Waals surface area (Å²) in [5.74, 6) is 0.436.